The summed E-state index contributed by atoms with van der Waals surface area (Å²) in [5, 5.41) is 9.60. The van der Waals surface area contributed by atoms with Gasteiger partial charge in [-0.1, -0.05) is 12.1 Å². The number of furan rings is 1. The van der Waals surface area contributed by atoms with Gasteiger partial charge in [0, 0.05) is 5.39 Å². The fraction of sp³-hybridized carbons (Fsp3) is 0. The first kappa shape index (κ1) is 7.15. The zero-order valence-electron chi connectivity index (χ0n) is 7.11. The predicted octanol–water partition coefficient (Wildman–Crippen LogP) is 2.18. The van der Waals surface area contributed by atoms with Crippen LogP contribution in [0.25, 0.3) is 22.2 Å². The number of nitrogens with zero attached hydrogens (tertiary/aromatic N) is 2. The first-order valence-electron chi connectivity index (χ1n) is 4.16. The van der Waals surface area contributed by atoms with Crippen LogP contribution in [0.5, 0.6) is 0 Å². The molecule has 4 nitrogen and oxygen atoms in total. The van der Waals surface area contributed by atoms with Crippen LogP contribution in [0.2, 0.25) is 0 Å². The quantitative estimate of drug-likeness (QED) is 0.580. The zero-order valence-corrected chi connectivity index (χ0v) is 7.11. The highest BCUT2D eigenvalue weighted by Gasteiger charge is 2.10. The maximum Gasteiger partial charge on any atom is 0.246 e. The van der Waals surface area contributed by atoms with E-state index in [1.807, 2.05) is 30.3 Å². The molecule has 2 aromatic heterocycles. The van der Waals surface area contributed by atoms with Gasteiger partial charge in [0.2, 0.25) is 11.5 Å². The average molecular weight is 183 g/mol. The standard InChI is InChI=1S/C10H5N3O/c11-5-8-12-9-6-3-1-2-4-7(6)14-10(9)13-8/h1-4H,(H,12,13). The van der Waals surface area contributed by atoms with E-state index in [4.69, 9.17) is 9.68 Å². The molecule has 3 rings (SSSR count). The lowest BCUT2D eigenvalue weighted by atomic mass is 10.2. The van der Waals surface area contributed by atoms with Crippen LogP contribution in [0, 0.1) is 11.3 Å². The van der Waals surface area contributed by atoms with E-state index < -0.39 is 0 Å². The number of nitriles is 1. The Morgan fingerprint density at radius 3 is 3.07 bits per heavy atom. The molecule has 0 amide bonds. The van der Waals surface area contributed by atoms with Crippen LogP contribution in [0.3, 0.4) is 0 Å². The summed E-state index contributed by atoms with van der Waals surface area (Å²) < 4.78 is 5.44. The highest BCUT2D eigenvalue weighted by molar-refractivity contribution is 6.01. The molecule has 4 heteroatoms. The molecule has 2 heterocycles. The molecule has 66 valence electrons. The van der Waals surface area contributed by atoms with Crippen LogP contribution in [-0.2, 0) is 0 Å². The van der Waals surface area contributed by atoms with E-state index in [0.717, 1.165) is 16.5 Å². The second kappa shape index (κ2) is 2.36. The topological polar surface area (TPSA) is 65.6 Å². The molecule has 1 aromatic carbocycles. The summed E-state index contributed by atoms with van der Waals surface area (Å²) in [5.74, 6) is 0.282. The summed E-state index contributed by atoms with van der Waals surface area (Å²) in [6.07, 6.45) is 0. The number of imidazole rings is 1. The Hall–Kier alpha value is -2.28. The molecule has 0 fully saturated rings. The van der Waals surface area contributed by atoms with Gasteiger partial charge in [-0.05, 0) is 12.1 Å². The Bertz CT molecular complexity index is 657. The van der Waals surface area contributed by atoms with E-state index in [2.05, 4.69) is 9.97 Å². The SMILES string of the molecule is N#Cc1nc2oc3ccccc3c2[nH]1. The second-order valence-electron chi connectivity index (χ2n) is 2.98. The summed E-state index contributed by atoms with van der Waals surface area (Å²) in [7, 11) is 0. The van der Waals surface area contributed by atoms with Crippen LogP contribution < -0.4 is 0 Å². The van der Waals surface area contributed by atoms with Crippen LogP contribution >= 0.6 is 0 Å². The number of aromatic amines is 1. The van der Waals surface area contributed by atoms with Gasteiger partial charge in [-0.15, -0.1) is 0 Å². The largest absolute Gasteiger partial charge is 0.436 e. The highest BCUT2D eigenvalue weighted by Crippen LogP contribution is 2.25. The lowest BCUT2D eigenvalue weighted by molar-refractivity contribution is 0.655. The summed E-state index contributed by atoms with van der Waals surface area (Å²) in [5.41, 5.74) is 2.06. The van der Waals surface area contributed by atoms with Crippen molar-refractivity contribution in [2.45, 2.75) is 0 Å². The number of hydrogen-bond acceptors (Lipinski definition) is 3. The van der Waals surface area contributed by atoms with Crippen LogP contribution in [0.15, 0.2) is 28.7 Å². The smallest absolute Gasteiger partial charge is 0.246 e. The summed E-state index contributed by atoms with van der Waals surface area (Å²) in [4.78, 5) is 6.89. The Morgan fingerprint density at radius 1 is 1.36 bits per heavy atom. The van der Waals surface area contributed by atoms with E-state index in [1.165, 1.54) is 0 Å². The third-order valence-corrected chi connectivity index (χ3v) is 2.14. The Kier molecular flexibility index (Phi) is 1.21. The number of benzene rings is 1. The second-order valence-corrected chi connectivity index (χ2v) is 2.98. The molecule has 0 atom stereocenters. The maximum absolute atomic E-state index is 8.64. The Labute approximate surface area is 78.8 Å². The first-order chi connectivity index (χ1) is 6.88. The summed E-state index contributed by atoms with van der Waals surface area (Å²) in [6, 6.07) is 9.56. The van der Waals surface area contributed by atoms with Crippen molar-refractivity contribution in [3.63, 3.8) is 0 Å². The molecule has 3 aromatic rings. The molecule has 0 radical (unpaired) electrons. The van der Waals surface area contributed by atoms with Gasteiger partial charge in [0.15, 0.2) is 0 Å². The highest BCUT2D eigenvalue weighted by atomic mass is 16.3. The van der Waals surface area contributed by atoms with Gasteiger partial charge in [0.05, 0.1) is 0 Å². The van der Waals surface area contributed by atoms with Gasteiger partial charge in [-0.2, -0.15) is 10.2 Å². The van der Waals surface area contributed by atoms with Crippen molar-refractivity contribution in [2.75, 3.05) is 0 Å². The molecule has 14 heavy (non-hydrogen) atoms. The molecule has 0 saturated carbocycles. The predicted molar refractivity (Wildman–Crippen MR) is 50.6 cm³/mol. The normalized spacial score (nSPS) is 10.8. The molecular formula is C10H5N3O. The van der Waals surface area contributed by atoms with E-state index in [1.54, 1.807) is 0 Å². The van der Waals surface area contributed by atoms with Gasteiger partial charge >= 0.3 is 0 Å². The number of fused-ring (bicyclic) bond motifs is 3. The molecule has 1 N–H and O–H groups in total. The molecular weight excluding hydrogens is 178 g/mol. The van der Waals surface area contributed by atoms with Crippen molar-refractivity contribution >= 4 is 22.2 Å². The first-order valence-corrected chi connectivity index (χ1v) is 4.16. The number of H-pyrrole nitrogens is 1. The summed E-state index contributed by atoms with van der Waals surface area (Å²) >= 11 is 0. The van der Waals surface area contributed by atoms with Crippen molar-refractivity contribution in [1.82, 2.24) is 9.97 Å². The van der Waals surface area contributed by atoms with Gasteiger partial charge in [-0.3, -0.25) is 0 Å². The van der Waals surface area contributed by atoms with E-state index in [0.29, 0.717) is 5.71 Å². The third kappa shape index (κ3) is 0.783. The zero-order chi connectivity index (χ0) is 9.54. The van der Waals surface area contributed by atoms with E-state index >= 15 is 0 Å². The van der Waals surface area contributed by atoms with Crippen LogP contribution in [0.4, 0.5) is 0 Å². The van der Waals surface area contributed by atoms with Crippen LogP contribution in [0.1, 0.15) is 5.82 Å². The van der Waals surface area contributed by atoms with Crippen molar-refractivity contribution in [3.8, 4) is 6.07 Å². The van der Waals surface area contributed by atoms with Crippen molar-refractivity contribution in [1.29, 1.82) is 5.26 Å². The third-order valence-electron chi connectivity index (χ3n) is 2.14. The van der Waals surface area contributed by atoms with Crippen LogP contribution in [-0.4, -0.2) is 9.97 Å². The number of hydrogen-bond donors (Lipinski definition) is 1. The maximum atomic E-state index is 8.64. The monoisotopic (exact) mass is 183 g/mol. The van der Waals surface area contributed by atoms with Crippen molar-refractivity contribution in [3.05, 3.63) is 30.1 Å². The van der Waals surface area contributed by atoms with Gasteiger partial charge in [-0.25, -0.2) is 0 Å². The average Bonchev–Trinajstić information content (AvgIpc) is 2.73. The van der Waals surface area contributed by atoms with Crippen molar-refractivity contribution in [2.24, 2.45) is 0 Å². The van der Waals surface area contributed by atoms with E-state index in [-0.39, 0.29) is 5.82 Å². The molecule has 0 unspecified atom stereocenters. The number of nitrogens with one attached hydrogen (secondary N) is 1. The summed E-state index contributed by atoms with van der Waals surface area (Å²) in [6.45, 7) is 0. The van der Waals surface area contributed by atoms with Gasteiger partial charge in [0.1, 0.15) is 17.2 Å². The van der Waals surface area contributed by atoms with Gasteiger partial charge < -0.3 is 9.40 Å². The van der Waals surface area contributed by atoms with Crippen molar-refractivity contribution < 1.29 is 4.42 Å². The number of aromatic nitrogens is 2. The molecule has 0 aliphatic carbocycles. The van der Waals surface area contributed by atoms with E-state index in [9.17, 15) is 0 Å². The molecule has 0 aliphatic heterocycles. The molecule has 0 aliphatic rings. The minimum Gasteiger partial charge on any atom is -0.436 e. The van der Waals surface area contributed by atoms with Gasteiger partial charge in [0.25, 0.3) is 0 Å². The molecule has 0 saturated heterocycles. The minimum absolute atomic E-state index is 0.282. The minimum atomic E-state index is 0.282. The fourth-order valence-corrected chi connectivity index (χ4v) is 1.53. The lowest BCUT2D eigenvalue weighted by Gasteiger charge is -1.84. The lowest BCUT2D eigenvalue weighted by Crippen LogP contribution is -1.74. The Morgan fingerprint density at radius 2 is 2.21 bits per heavy atom. The molecule has 0 bridgehead atoms. The Balaban J connectivity index is 2.52. The molecule has 0 spiro atoms. The number of para-hydroxylation sites is 1. The number of rotatable bonds is 0. The fourth-order valence-electron chi connectivity index (χ4n) is 1.53.